The Labute approximate surface area is 91.9 Å². The van der Waals surface area contributed by atoms with Crippen LogP contribution in [0.5, 0.6) is 6.01 Å². The molecule has 2 unspecified atom stereocenters. The molecule has 7 heteroatoms. The van der Waals surface area contributed by atoms with Crippen molar-refractivity contribution in [1.82, 2.24) is 9.97 Å². The Morgan fingerprint density at radius 3 is 2.69 bits per heavy atom. The summed E-state index contributed by atoms with van der Waals surface area (Å²) in [6.45, 7) is -0.0923. The maximum Gasteiger partial charge on any atom is 0.320 e. The van der Waals surface area contributed by atoms with E-state index >= 15 is 0 Å². The summed E-state index contributed by atoms with van der Waals surface area (Å²) in [5, 5.41) is 17.9. The van der Waals surface area contributed by atoms with Crippen molar-refractivity contribution < 1.29 is 19.7 Å². The first-order valence-electron chi connectivity index (χ1n) is 4.66. The molecule has 16 heavy (non-hydrogen) atoms. The highest BCUT2D eigenvalue weighted by Gasteiger charge is 2.17. The molecule has 0 aliphatic carbocycles. The van der Waals surface area contributed by atoms with E-state index in [0.717, 1.165) is 0 Å². The topological polar surface area (TPSA) is 119 Å². The third-order valence-corrected chi connectivity index (χ3v) is 1.79. The number of aliphatic hydroxyl groups is 1. The molecular weight excluding hydrogens is 214 g/mol. The molecule has 0 radical (unpaired) electrons. The van der Waals surface area contributed by atoms with Crippen LogP contribution in [0.25, 0.3) is 0 Å². The highest BCUT2D eigenvalue weighted by Crippen LogP contribution is 2.01. The molecule has 2 atom stereocenters. The molecule has 1 heterocycles. The molecule has 0 spiro atoms. The lowest BCUT2D eigenvalue weighted by Crippen LogP contribution is -2.36. The molecule has 0 aromatic carbocycles. The van der Waals surface area contributed by atoms with Gasteiger partial charge in [0.15, 0.2) is 0 Å². The molecule has 0 saturated carbocycles. The Morgan fingerprint density at radius 2 is 2.12 bits per heavy atom. The fourth-order valence-corrected chi connectivity index (χ4v) is 0.993. The second-order valence-corrected chi connectivity index (χ2v) is 3.18. The summed E-state index contributed by atoms with van der Waals surface area (Å²) in [5.41, 5.74) is 5.24. The Kier molecular flexibility index (Phi) is 4.62. The zero-order valence-electron chi connectivity index (χ0n) is 8.48. The molecule has 7 nitrogen and oxygen atoms in total. The first kappa shape index (κ1) is 12.3. The second kappa shape index (κ2) is 5.99. The third kappa shape index (κ3) is 4.20. The lowest BCUT2D eigenvalue weighted by atomic mass is 10.1. The number of hydrogen-bond donors (Lipinski definition) is 3. The lowest BCUT2D eigenvalue weighted by molar-refractivity contribution is -0.139. The normalized spacial score (nSPS) is 14.1. The van der Waals surface area contributed by atoms with Crippen molar-refractivity contribution in [2.24, 2.45) is 5.73 Å². The fourth-order valence-electron chi connectivity index (χ4n) is 0.993. The Morgan fingerprint density at radius 1 is 1.50 bits per heavy atom. The molecule has 0 aliphatic rings. The summed E-state index contributed by atoms with van der Waals surface area (Å²) >= 11 is 0. The van der Waals surface area contributed by atoms with Gasteiger partial charge in [0, 0.05) is 18.8 Å². The van der Waals surface area contributed by atoms with Crippen LogP contribution in [0.4, 0.5) is 0 Å². The SMILES string of the molecule is NC(CC(O)COc1ncccn1)C(=O)O. The monoisotopic (exact) mass is 227 g/mol. The van der Waals surface area contributed by atoms with Gasteiger partial charge in [-0.05, 0) is 6.07 Å². The van der Waals surface area contributed by atoms with Crippen LogP contribution in [0.15, 0.2) is 18.5 Å². The Hall–Kier alpha value is -1.73. The first-order valence-corrected chi connectivity index (χ1v) is 4.66. The first-order chi connectivity index (χ1) is 7.59. The van der Waals surface area contributed by atoms with Crippen LogP contribution in [-0.4, -0.2) is 44.9 Å². The van der Waals surface area contributed by atoms with Gasteiger partial charge in [0.05, 0.1) is 6.10 Å². The smallest absolute Gasteiger partial charge is 0.320 e. The number of aliphatic carboxylic acids is 1. The van der Waals surface area contributed by atoms with Gasteiger partial charge < -0.3 is 20.7 Å². The van der Waals surface area contributed by atoms with E-state index in [0.29, 0.717) is 0 Å². The van der Waals surface area contributed by atoms with Gasteiger partial charge >= 0.3 is 12.0 Å². The van der Waals surface area contributed by atoms with Crippen molar-refractivity contribution in [3.05, 3.63) is 18.5 Å². The average molecular weight is 227 g/mol. The molecule has 0 amide bonds. The molecule has 0 bridgehead atoms. The quantitative estimate of drug-likeness (QED) is 0.571. The van der Waals surface area contributed by atoms with E-state index in [1.165, 1.54) is 12.4 Å². The summed E-state index contributed by atoms with van der Waals surface area (Å²) in [6, 6.07) is 0.657. The number of ether oxygens (including phenoxy) is 1. The molecule has 1 aromatic rings. The van der Waals surface area contributed by atoms with E-state index < -0.39 is 18.1 Å². The van der Waals surface area contributed by atoms with Crippen LogP contribution < -0.4 is 10.5 Å². The van der Waals surface area contributed by atoms with Crippen LogP contribution in [-0.2, 0) is 4.79 Å². The van der Waals surface area contributed by atoms with Crippen LogP contribution in [0.3, 0.4) is 0 Å². The standard InChI is InChI=1S/C9H13N3O4/c10-7(8(14)15)4-6(13)5-16-9-11-2-1-3-12-9/h1-3,6-7,13H,4-5,10H2,(H,14,15). The third-order valence-electron chi connectivity index (χ3n) is 1.79. The second-order valence-electron chi connectivity index (χ2n) is 3.18. The minimum absolute atomic E-state index is 0.0812. The van der Waals surface area contributed by atoms with E-state index in [-0.39, 0.29) is 19.0 Å². The minimum Gasteiger partial charge on any atom is -0.480 e. The van der Waals surface area contributed by atoms with Crippen molar-refractivity contribution in [3.8, 4) is 6.01 Å². The average Bonchev–Trinajstić information content (AvgIpc) is 2.27. The molecule has 1 aromatic heterocycles. The van der Waals surface area contributed by atoms with Gasteiger partial charge in [-0.25, -0.2) is 9.97 Å². The zero-order chi connectivity index (χ0) is 12.0. The highest BCUT2D eigenvalue weighted by atomic mass is 16.5. The van der Waals surface area contributed by atoms with E-state index in [9.17, 15) is 9.90 Å². The van der Waals surface area contributed by atoms with Gasteiger partial charge in [-0.2, -0.15) is 0 Å². The van der Waals surface area contributed by atoms with Gasteiger partial charge in [-0.3, -0.25) is 4.79 Å². The van der Waals surface area contributed by atoms with E-state index in [4.69, 9.17) is 15.6 Å². The molecule has 88 valence electrons. The Bertz CT molecular complexity index is 333. The summed E-state index contributed by atoms with van der Waals surface area (Å²) in [5.74, 6) is -1.16. The fraction of sp³-hybridized carbons (Fsp3) is 0.444. The van der Waals surface area contributed by atoms with E-state index in [1.807, 2.05) is 0 Å². The predicted octanol–water partition coefficient (Wildman–Crippen LogP) is -0.982. The molecule has 1 rings (SSSR count). The van der Waals surface area contributed by atoms with Crippen molar-refractivity contribution in [3.63, 3.8) is 0 Å². The van der Waals surface area contributed by atoms with Crippen molar-refractivity contribution >= 4 is 5.97 Å². The lowest BCUT2D eigenvalue weighted by Gasteiger charge is -2.13. The number of carbonyl (C=O) groups is 1. The van der Waals surface area contributed by atoms with E-state index in [1.54, 1.807) is 6.07 Å². The number of hydrogen-bond acceptors (Lipinski definition) is 6. The summed E-state index contributed by atoms with van der Waals surface area (Å²) in [7, 11) is 0. The predicted molar refractivity (Wildman–Crippen MR) is 53.8 cm³/mol. The van der Waals surface area contributed by atoms with Gasteiger partial charge in [0.25, 0.3) is 0 Å². The van der Waals surface area contributed by atoms with Crippen LogP contribution in [0, 0.1) is 0 Å². The van der Waals surface area contributed by atoms with Gasteiger partial charge in [-0.15, -0.1) is 0 Å². The molecule has 0 fully saturated rings. The number of rotatable bonds is 6. The molecule has 0 saturated heterocycles. The number of carboxylic acids is 1. The number of aromatic nitrogens is 2. The summed E-state index contributed by atoms with van der Waals surface area (Å²) < 4.78 is 5.03. The summed E-state index contributed by atoms with van der Waals surface area (Å²) in [6.07, 6.45) is 1.95. The van der Waals surface area contributed by atoms with E-state index in [2.05, 4.69) is 9.97 Å². The summed E-state index contributed by atoms with van der Waals surface area (Å²) in [4.78, 5) is 18.0. The molecular formula is C9H13N3O4. The van der Waals surface area contributed by atoms with Crippen LogP contribution in [0.2, 0.25) is 0 Å². The highest BCUT2D eigenvalue weighted by molar-refractivity contribution is 5.73. The van der Waals surface area contributed by atoms with Crippen LogP contribution in [0.1, 0.15) is 6.42 Å². The maximum atomic E-state index is 10.4. The van der Waals surface area contributed by atoms with Crippen LogP contribution >= 0.6 is 0 Å². The van der Waals surface area contributed by atoms with Gasteiger partial charge in [0.1, 0.15) is 12.6 Å². The van der Waals surface area contributed by atoms with Crippen molar-refractivity contribution in [2.75, 3.05) is 6.61 Å². The zero-order valence-corrected chi connectivity index (χ0v) is 8.48. The maximum absolute atomic E-state index is 10.4. The largest absolute Gasteiger partial charge is 0.480 e. The number of aliphatic hydroxyl groups excluding tert-OH is 1. The number of carboxylic acid groups (broad SMARTS) is 1. The van der Waals surface area contributed by atoms with Gasteiger partial charge in [0.2, 0.25) is 0 Å². The number of nitrogens with two attached hydrogens (primary N) is 1. The Balaban J connectivity index is 2.30. The van der Waals surface area contributed by atoms with Crippen molar-refractivity contribution in [2.45, 2.75) is 18.6 Å². The number of nitrogens with zero attached hydrogens (tertiary/aromatic N) is 2. The van der Waals surface area contributed by atoms with Crippen molar-refractivity contribution in [1.29, 1.82) is 0 Å². The molecule has 0 aliphatic heterocycles. The van der Waals surface area contributed by atoms with Gasteiger partial charge in [-0.1, -0.05) is 0 Å². The molecule has 4 N–H and O–H groups in total. The minimum atomic E-state index is -1.16.